The Hall–Kier alpha value is -4.32. The van der Waals surface area contributed by atoms with Gasteiger partial charge in [0.15, 0.2) is 18.1 Å². The monoisotopic (exact) mass is 410 g/mol. The Bertz CT molecular complexity index is 1020. The Morgan fingerprint density at radius 1 is 1.10 bits per heavy atom. The molecule has 0 atom stereocenters. The van der Waals surface area contributed by atoms with Gasteiger partial charge in [-0.15, -0.1) is 0 Å². The van der Waals surface area contributed by atoms with Crippen LogP contribution in [0.1, 0.15) is 15.9 Å². The number of hydrogen-bond donors (Lipinski definition) is 2. The summed E-state index contributed by atoms with van der Waals surface area (Å²) in [4.78, 5) is 34.5. The van der Waals surface area contributed by atoms with Crippen LogP contribution in [0.4, 0.5) is 5.69 Å². The lowest BCUT2D eigenvalue weighted by Gasteiger charge is -2.10. The minimum atomic E-state index is -1.14. The minimum Gasteiger partial charge on any atom is -0.493 e. The molecule has 2 rings (SSSR count). The number of esters is 1. The zero-order valence-corrected chi connectivity index (χ0v) is 16.2. The first-order valence-electron chi connectivity index (χ1n) is 8.52. The fraction of sp³-hybridized carbons (Fsp3) is 0.143. The molecule has 2 aromatic carbocycles. The number of nitrogens with zero attached hydrogens (tertiary/aromatic N) is 1. The van der Waals surface area contributed by atoms with Crippen LogP contribution in [-0.4, -0.2) is 43.8 Å². The van der Waals surface area contributed by atoms with Gasteiger partial charge >= 0.3 is 11.9 Å². The van der Waals surface area contributed by atoms with Crippen molar-refractivity contribution in [1.29, 1.82) is 5.26 Å². The summed E-state index contributed by atoms with van der Waals surface area (Å²) in [5.74, 6) is -1.82. The van der Waals surface area contributed by atoms with Crippen LogP contribution in [0, 0.1) is 11.3 Å². The van der Waals surface area contributed by atoms with Gasteiger partial charge in [-0.1, -0.05) is 6.07 Å². The number of nitriles is 1. The summed E-state index contributed by atoms with van der Waals surface area (Å²) in [6.45, 7) is -0.536. The molecule has 154 valence electrons. The number of rotatable bonds is 8. The molecule has 0 heterocycles. The van der Waals surface area contributed by atoms with Crippen molar-refractivity contribution in [2.45, 2.75) is 0 Å². The number of carboxylic acid groups (broad SMARTS) is 1. The number of aliphatic carboxylic acids is 1. The van der Waals surface area contributed by atoms with Crippen LogP contribution in [0.5, 0.6) is 11.5 Å². The Kier molecular flexibility index (Phi) is 7.53. The predicted molar refractivity (Wildman–Crippen MR) is 106 cm³/mol. The maximum Gasteiger partial charge on any atom is 0.341 e. The SMILES string of the molecule is COC(=O)c1ccc(NC(=O)/C(C#N)=C/c2ccc(OCC(=O)O)c(OC)c2)cc1. The van der Waals surface area contributed by atoms with Gasteiger partial charge in [0.05, 0.1) is 19.8 Å². The van der Waals surface area contributed by atoms with E-state index in [0.29, 0.717) is 16.8 Å². The summed E-state index contributed by atoms with van der Waals surface area (Å²) in [7, 11) is 2.65. The Balaban J connectivity index is 2.18. The van der Waals surface area contributed by atoms with Gasteiger partial charge in [-0.3, -0.25) is 4.79 Å². The molecular weight excluding hydrogens is 392 g/mol. The fourth-order valence-electron chi connectivity index (χ4n) is 2.35. The number of methoxy groups -OCH3 is 2. The van der Waals surface area contributed by atoms with E-state index in [0.717, 1.165) is 0 Å². The molecule has 30 heavy (non-hydrogen) atoms. The molecule has 0 aliphatic carbocycles. The molecule has 0 saturated heterocycles. The standard InChI is InChI=1S/C21H18N2O7/c1-28-18-10-13(3-8-17(18)30-12-19(24)25)9-15(11-22)20(26)23-16-6-4-14(5-7-16)21(27)29-2/h3-10H,12H2,1-2H3,(H,23,26)(H,24,25)/b15-9+. The van der Waals surface area contributed by atoms with Gasteiger partial charge in [0.25, 0.3) is 5.91 Å². The third kappa shape index (κ3) is 5.84. The van der Waals surface area contributed by atoms with Crippen LogP contribution in [0.2, 0.25) is 0 Å². The zero-order chi connectivity index (χ0) is 22.1. The third-order valence-electron chi connectivity index (χ3n) is 3.78. The van der Waals surface area contributed by atoms with Gasteiger partial charge in [0, 0.05) is 5.69 Å². The van der Waals surface area contributed by atoms with E-state index in [-0.39, 0.29) is 17.1 Å². The summed E-state index contributed by atoms with van der Waals surface area (Å²) in [5.41, 5.74) is 1.02. The van der Waals surface area contributed by atoms with E-state index in [1.807, 2.05) is 6.07 Å². The largest absolute Gasteiger partial charge is 0.493 e. The molecule has 0 aromatic heterocycles. The van der Waals surface area contributed by atoms with Crippen LogP contribution in [-0.2, 0) is 14.3 Å². The normalized spacial score (nSPS) is 10.5. The highest BCUT2D eigenvalue weighted by Gasteiger charge is 2.12. The lowest BCUT2D eigenvalue weighted by molar-refractivity contribution is -0.139. The van der Waals surface area contributed by atoms with Gasteiger partial charge in [-0.05, 0) is 48.0 Å². The fourth-order valence-corrected chi connectivity index (χ4v) is 2.35. The third-order valence-corrected chi connectivity index (χ3v) is 3.78. The second-order valence-corrected chi connectivity index (χ2v) is 5.79. The number of carboxylic acids is 1. The molecule has 2 N–H and O–H groups in total. The number of benzene rings is 2. The van der Waals surface area contributed by atoms with E-state index < -0.39 is 24.5 Å². The quantitative estimate of drug-likeness (QED) is 0.385. The molecule has 0 spiro atoms. The molecule has 0 radical (unpaired) electrons. The van der Waals surface area contributed by atoms with Crippen molar-refractivity contribution in [3.05, 3.63) is 59.2 Å². The van der Waals surface area contributed by atoms with Crippen LogP contribution in [0.3, 0.4) is 0 Å². The summed E-state index contributed by atoms with van der Waals surface area (Å²) < 4.78 is 14.9. The number of hydrogen-bond acceptors (Lipinski definition) is 7. The van der Waals surface area contributed by atoms with Crippen LogP contribution >= 0.6 is 0 Å². The van der Waals surface area contributed by atoms with Gasteiger partial charge in [0.1, 0.15) is 11.6 Å². The molecule has 0 fully saturated rings. The van der Waals surface area contributed by atoms with Crippen molar-refractivity contribution in [3.8, 4) is 17.6 Å². The van der Waals surface area contributed by atoms with E-state index in [9.17, 15) is 19.6 Å². The second kappa shape index (κ2) is 10.3. The van der Waals surface area contributed by atoms with E-state index in [4.69, 9.17) is 14.6 Å². The molecule has 0 unspecified atom stereocenters. The summed E-state index contributed by atoms with van der Waals surface area (Å²) in [5, 5.41) is 20.6. The average Bonchev–Trinajstić information content (AvgIpc) is 2.76. The number of anilines is 1. The van der Waals surface area contributed by atoms with Gasteiger partial charge in [-0.2, -0.15) is 5.26 Å². The van der Waals surface area contributed by atoms with E-state index in [2.05, 4.69) is 10.1 Å². The van der Waals surface area contributed by atoms with Gasteiger partial charge in [0.2, 0.25) is 0 Å². The van der Waals surface area contributed by atoms with Crippen LogP contribution < -0.4 is 14.8 Å². The maximum absolute atomic E-state index is 12.4. The molecule has 0 aliphatic heterocycles. The highest BCUT2D eigenvalue weighted by molar-refractivity contribution is 6.09. The molecule has 9 nitrogen and oxygen atoms in total. The molecule has 1 amide bonds. The smallest absolute Gasteiger partial charge is 0.341 e. The Morgan fingerprint density at radius 3 is 2.37 bits per heavy atom. The van der Waals surface area contributed by atoms with Crippen LogP contribution in [0.15, 0.2) is 48.0 Å². The van der Waals surface area contributed by atoms with Gasteiger partial charge in [-0.25, -0.2) is 9.59 Å². The highest BCUT2D eigenvalue weighted by atomic mass is 16.5. The van der Waals surface area contributed by atoms with E-state index >= 15 is 0 Å². The summed E-state index contributed by atoms with van der Waals surface area (Å²) >= 11 is 0. The average molecular weight is 410 g/mol. The maximum atomic E-state index is 12.4. The number of ether oxygens (including phenoxy) is 3. The zero-order valence-electron chi connectivity index (χ0n) is 16.2. The second-order valence-electron chi connectivity index (χ2n) is 5.79. The topological polar surface area (TPSA) is 135 Å². The minimum absolute atomic E-state index is 0.173. The molecule has 2 aromatic rings. The van der Waals surface area contributed by atoms with Crippen molar-refractivity contribution in [3.63, 3.8) is 0 Å². The van der Waals surface area contributed by atoms with Crippen molar-refractivity contribution in [2.75, 3.05) is 26.1 Å². The Labute approximate surface area is 172 Å². The first-order chi connectivity index (χ1) is 14.4. The summed E-state index contributed by atoms with van der Waals surface area (Å²) in [6.07, 6.45) is 1.35. The lowest BCUT2D eigenvalue weighted by Crippen LogP contribution is -2.13. The van der Waals surface area contributed by atoms with Gasteiger partial charge < -0.3 is 24.6 Å². The lowest BCUT2D eigenvalue weighted by atomic mass is 10.1. The predicted octanol–water partition coefficient (Wildman–Crippen LogP) is 2.49. The summed E-state index contributed by atoms with van der Waals surface area (Å²) in [6, 6.07) is 12.4. The van der Waals surface area contributed by atoms with Crippen molar-refractivity contribution in [1.82, 2.24) is 0 Å². The Morgan fingerprint density at radius 2 is 1.80 bits per heavy atom. The number of carbonyl (C=O) groups is 3. The molecule has 0 aliphatic rings. The van der Waals surface area contributed by atoms with E-state index in [1.165, 1.54) is 56.7 Å². The molecule has 0 saturated carbocycles. The molecule has 0 bridgehead atoms. The van der Waals surface area contributed by atoms with Crippen LogP contribution in [0.25, 0.3) is 6.08 Å². The van der Waals surface area contributed by atoms with E-state index in [1.54, 1.807) is 6.07 Å². The highest BCUT2D eigenvalue weighted by Crippen LogP contribution is 2.29. The number of amides is 1. The molecular formula is C21H18N2O7. The first kappa shape index (κ1) is 22.0. The first-order valence-corrected chi connectivity index (χ1v) is 8.52. The number of nitrogens with one attached hydrogen (secondary N) is 1. The van der Waals surface area contributed by atoms with Crippen molar-refractivity contribution < 1.29 is 33.7 Å². The molecule has 9 heteroatoms. The van der Waals surface area contributed by atoms with Crippen molar-refractivity contribution in [2.24, 2.45) is 0 Å². The van der Waals surface area contributed by atoms with Crippen molar-refractivity contribution >= 4 is 29.6 Å². The number of carbonyl (C=O) groups excluding carboxylic acids is 2.